The Balaban J connectivity index is 0.000000754. The summed E-state index contributed by atoms with van der Waals surface area (Å²) in [7, 11) is 7.68. The van der Waals surface area contributed by atoms with E-state index in [1.54, 1.807) is 89.5 Å². The molecule has 0 radical (unpaired) electrons. The number of aryl methyl sites for hydroxylation is 8. The number of hydrogen-bond donors (Lipinski definition) is 33. The fraction of sp³-hybridized carbons (Fsp3) is 0.205. The molecular weight excluding hydrogens is 1860 g/mol. The normalized spacial score (nSPS) is 9.67. The van der Waals surface area contributed by atoms with Crippen molar-refractivity contribution in [1.29, 1.82) is 0 Å². The third-order valence-corrected chi connectivity index (χ3v) is 16.4. The van der Waals surface area contributed by atoms with Crippen LogP contribution in [-0.2, 0) is 41.8 Å². The maximum atomic E-state index is 11.2. The molecule has 0 spiro atoms. The van der Waals surface area contributed by atoms with E-state index in [0.717, 1.165) is 21.4 Å². The molecule has 0 amide bonds. The van der Waals surface area contributed by atoms with Crippen LogP contribution in [0.3, 0.4) is 0 Å². The van der Waals surface area contributed by atoms with Crippen molar-refractivity contribution in [1.82, 2.24) is 137 Å². The first-order valence-electron chi connectivity index (χ1n) is 38.2. The molecule has 14 aromatic rings. The summed E-state index contributed by atoms with van der Waals surface area (Å²) in [6.07, 6.45) is 2.76. The van der Waals surface area contributed by atoms with Crippen molar-refractivity contribution in [3.05, 3.63) is 352 Å². The van der Waals surface area contributed by atoms with Crippen LogP contribution in [-0.4, -0.2) is 137 Å². The summed E-state index contributed by atoms with van der Waals surface area (Å²) in [5, 5.41) is 0. The molecule has 140 heavy (non-hydrogen) atoms. The SMILES string of the molecule is C=CCn1c(C)cc(=O)[nH]c1=O.Cc1[nH]c(=O)[nH]c(=O)c1N.Cc1c(N)c(=O)n(C)c(=O)n1C.Cc1cc(=O)[nH]c(=O)[nH]1.Cc1cc(=O)[nH]c(=O)n1C.Cc1cc(=O)[nH]c(N)n1.Cc1cc(=O)[nH]c(N)n1.Cc1cc(=O)n(C)c(=O)n1C.Cc1nc(N)[nH]c(=O)c1N.Nc1[nH]c(=O)[nH]c(=O)c1N.Nc1[nH]c(=O)[nH]c(=O)c1N.Nc1c[nH]c(=O)[nH]c1=O.Nc1cc(=O)[nH]c(N)n1.Nc1nc(N)c(N)c(=O)[nH]1. The zero-order valence-electron chi connectivity index (χ0n) is 76.7. The van der Waals surface area contributed by atoms with Crippen LogP contribution in [0.4, 0.5) is 92.8 Å². The summed E-state index contributed by atoms with van der Waals surface area (Å²) in [5.74, 6) is 0.327. The highest BCUT2D eigenvalue weighted by molar-refractivity contribution is 5.58. The van der Waals surface area contributed by atoms with Crippen LogP contribution in [0.25, 0.3) is 0 Å². The Labute approximate surface area is 774 Å². The highest BCUT2D eigenvalue weighted by atomic mass is 16.2. The molecular formula is C73H104N44O23. The fourth-order valence-electron chi connectivity index (χ4n) is 8.96. The quantitative estimate of drug-likeness (QED) is 0.0715. The monoisotopic (exact) mass is 1960 g/mol. The summed E-state index contributed by atoms with van der Waals surface area (Å²) in [5.41, 5.74) is 77.8. The second-order valence-electron chi connectivity index (χ2n) is 27.4. The molecule has 14 heterocycles. The number of nitrogen functional groups attached to an aromatic ring is 16. The average molecular weight is 1970 g/mol. The first-order valence-corrected chi connectivity index (χ1v) is 38.2. The van der Waals surface area contributed by atoms with E-state index in [-0.39, 0.29) is 160 Å². The number of H-pyrrole nitrogens is 17. The second-order valence-corrected chi connectivity index (χ2v) is 27.4. The van der Waals surface area contributed by atoms with E-state index in [4.69, 9.17) is 91.7 Å². The second kappa shape index (κ2) is 54.0. The lowest BCUT2D eigenvalue weighted by atomic mass is 10.3. The minimum Gasteiger partial charge on any atom is -0.393 e. The molecule has 0 fully saturated rings. The lowest BCUT2D eigenvalue weighted by molar-refractivity contribution is 0.667. The Morgan fingerprint density at radius 3 is 1.09 bits per heavy atom. The average Bonchev–Trinajstić information content (AvgIpc) is 0.806. The molecule has 0 aromatic carbocycles. The van der Waals surface area contributed by atoms with Gasteiger partial charge in [0.1, 0.15) is 57.3 Å². The topological polar surface area (TPSA) is 1170 Å². The number of nitrogens with zero attached hydrogens (tertiary/aromatic N) is 11. The predicted octanol–water partition coefficient (Wildman–Crippen LogP) is -12.8. The van der Waals surface area contributed by atoms with Gasteiger partial charge in [-0.25, -0.2) is 58.1 Å². The van der Waals surface area contributed by atoms with Gasteiger partial charge in [-0.2, -0.15) is 9.97 Å². The Kier molecular flexibility index (Phi) is 45.2. The van der Waals surface area contributed by atoms with Gasteiger partial charge in [-0.15, -0.1) is 6.58 Å². The molecule has 0 unspecified atom stereocenters. The summed E-state index contributed by atoms with van der Waals surface area (Å²) >= 11 is 0. The Morgan fingerprint density at radius 2 is 0.700 bits per heavy atom. The standard InChI is InChI=1S/C8H10N2O2.C7H11N3O2.C7H10N2O2.C6H8N2O2.C5H8N4O.C5H7N3O2.2C5H7N3O.C5H6N2O2.C4H7N5O.2C4H6N4O2.C4H6N4O.C4H5N3O2/c1-3-4-10-6(2)5-7(11)9-8(10)12;1-4-5(8)6(11)10(3)7(12)9(4)2;1-5-4-6(10)9(3)7(11)8(5)2;1-4-3-5(9)7-6(10)8(4)2;1-2-3(6)4(10)9-5(7)8-2;1-2-3(6)4(9)8-5(10)7-2;2*1-3-2-4(9)8-5(6)7-3;1-3-2-4(8)7-5(9)6-3;5-1-2(6)8-4(7)9-3(1)10;2*5-1-2(6)7-4(10)8-3(1)9;5-2-1-3(9)8-4(6)7-2;5-2-1-6-4(9)7-3(2)8/h3,5H,1,4H2,2H3,(H,9,11,12);8H2,1-3H3;4H,1-3H3;3H,1-2H3,(H,7,9,10);6H2,1H3,(H3,7,8,9,10);6H2,1H3,(H2,7,8,9,10);2*2H,1H3,(H3,6,7,8,9);2H,1H3,(H2,6,7,8,9);5H2,(H5,6,7,8,9,10);2*5H2,(H4,6,7,8,9,10);1H,(H5,5,6,7,8,9);1H,5H2,(H2,6,7,8,9). The van der Waals surface area contributed by atoms with E-state index < -0.39 is 61.8 Å². The molecule has 14 aromatic heterocycles. The molecule has 0 aliphatic rings. The molecule has 67 nitrogen and oxygen atoms in total. The molecule has 49 N–H and O–H groups in total. The minimum atomic E-state index is -0.666. The molecule has 0 aliphatic heterocycles. The van der Waals surface area contributed by atoms with Gasteiger partial charge < -0.3 is 116 Å². The van der Waals surface area contributed by atoms with Gasteiger partial charge >= 0.3 is 51.2 Å². The van der Waals surface area contributed by atoms with E-state index in [2.05, 4.69) is 91.3 Å². The van der Waals surface area contributed by atoms with E-state index in [1.165, 1.54) is 68.8 Å². The van der Waals surface area contributed by atoms with Gasteiger partial charge in [-0.1, -0.05) is 6.08 Å². The van der Waals surface area contributed by atoms with Crippen molar-refractivity contribution in [2.75, 3.05) is 91.7 Å². The van der Waals surface area contributed by atoms with E-state index in [0.29, 0.717) is 57.8 Å². The number of rotatable bonds is 2. The van der Waals surface area contributed by atoms with Crippen LogP contribution < -0.4 is 221 Å². The number of hydrogen-bond acceptors (Lipinski definition) is 44. The van der Waals surface area contributed by atoms with E-state index in [9.17, 15) is 110 Å². The van der Waals surface area contributed by atoms with Crippen molar-refractivity contribution in [2.24, 2.45) is 35.2 Å². The van der Waals surface area contributed by atoms with Crippen LogP contribution in [0.15, 0.2) is 172 Å². The summed E-state index contributed by atoms with van der Waals surface area (Å²) in [6, 6.07) is 9.44. The summed E-state index contributed by atoms with van der Waals surface area (Å²) in [6.45, 7) is 19.0. The van der Waals surface area contributed by atoms with Gasteiger partial charge in [-0.05, 0) is 62.3 Å². The first-order chi connectivity index (χ1) is 64.7. The number of nitrogens with one attached hydrogen (secondary N) is 17. The highest BCUT2D eigenvalue weighted by Crippen LogP contribution is 2.04. The van der Waals surface area contributed by atoms with Crippen molar-refractivity contribution in [2.45, 2.75) is 68.9 Å². The van der Waals surface area contributed by atoms with Gasteiger partial charge in [0.25, 0.3) is 77.8 Å². The van der Waals surface area contributed by atoms with Crippen LogP contribution >= 0.6 is 0 Å². The van der Waals surface area contributed by atoms with E-state index >= 15 is 0 Å². The number of allylic oxidation sites excluding steroid dienone is 1. The van der Waals surface area contributed by atoms with Crippen LogP contribution in [0.5, 0.6) is 0 Å². The summed E-state index contributed by atoms with van der Waals surface area (Å²) < 4.78 is 7.66. The molecule has 0 bridgehead atoms. The molecule has 14 rings (SSSR count). The Hall–Kier alpha value is -20.9. The molecule has 0 saturated carbocycles. The fourth-order valence-corrected chi connectivity index (χ4v) is 8.96. The minimum absolute atomic E-state index is 0.00889. The lowest BCUT2D eigenvalue weighted by Gasteiger charge is -2.07. The van der Waals surface area contributed by atoms with Crippen molar-refractivity contribution >= 4 is 92.8 Å². The lowest BCUT2D eigenvalue weighted by Crippen LogP contribution is -2.39. The third-order valence-electron chi connectivity index (χ3n) is 16.4. The van der Waals surface area contributed by atoms with Gasteiger partial charge in [0.05, 0.1) is 5.69 Å². The first kappa shape index (κ1) is 117. The number of nitrogens with two attached hydrogens (primary N) is 16. The van der Waals surface area contributed by atoms with Crippen LogP contribution in [0, 0.1) is 62.3 Å². The number of aromatic nitrogens is 28. The molecule has 67 heteroatoms. The maximum absolute atomic E-state index is 11.2. The van der Waals surface area contributed by atoms with Gasteiger partial charge in [-0.3, -0.25) is 155 Å². The van der Waals surface area contributed by atoms with Gasteiger partial charge in [0.15, 0.2) is 5.82 Å². The Bertz CT molecular complexity index is 7650. The molecule has 0 atom stereocenters. The smallest absolute Gasteiger partial charge is 0.330 e. The summed E-state index contributed by atoms with van der Waals surface area (Å²) in [4.78, 5) is 300. The molecule has 0 saturated heterocycles. The van der Waals surface area contributed by atoms with Crippen LogP contribution in [0.1, 0.15) is 51.2 Å². The van der Waals surface area contributed by atoms with Crippen molar-refractivity contribution < 1.29 is 0 Å². The highest BCUT2D eigenvalue weighted by Gasteiger charge is 2.10. The Morgan fingerprint density at radius 1 is 0.314 bits per heavy atom. The van der Waals surface area contributed by atoms with Crippen molar-refractivity contribution in [3.63, 3.8) is 0 Å². The zero-order chi connectivity index (χ0) is 108. The predicted molar refractivity (Wildman–Crippen MR) is 524 cm³/mol. The van der Waals surface area contributed by atoms with Crippen LogP contribution in [0.2, 0.25) is 0 Å². The third kappa shape index (κ3) is 39.8. The largest absolute Gasteiger partial charge is 0.393 e. The zero-order valence-corrected chi connectivity index (χ0v) is 76.7. The molecule has 754 valence electrons. The van der Waals surface area contributed by atoms with Crippen molar-refractivity contribution in [3.8, 4) is 0 Å². The maximum Gasteiger partial charge on any atom is 0.330 e. The van der Waals surface area contributed by atoms with Gasteiger partial charge in [0.2, 0.25) is 29.7 Å². The van der Waals surface area contributed by atoms with Gasteiger partial charge in [0, 0.05) is 136 Å². The number of aromatic amines is 17. The van der Waals surface area contributed by atoms with E-state index in [1.807, 2.05) is 24.9 Å². The number of anilines is 16. The molecule has 0 aliphatic carbocycles.